The molecule has 2 aromatic rings. The zero-order valence-corrected chi connectivity index (χ0v) is 12.1. The van der Waals surface area contributed by atoms with Crippen LogP contribution in [0.25, 0.3) is 0 Å². The maximum atomic E-state index is 6.16. The van der Waals surface area contributed by atoms with Gasteiger partial charge in [0.15, 0.2) is 0 Å². The van der Waals surface area contributed by atoms with Crippen LogP contribution in [0.3, 0.4) is 0 Å². The highest BCUT2D eigenvalue weighted by Gasteiger charge is 2.13. The molecule has 0 spiro atoms. The van der Waals surface area contributed by atoms with Gasteiger partial charge in [-0.05, 0) is 11.6 Å². The van der Waals surface area contributed by atoms with Gasteiger partial charge in [0, 0.05) is 28.0 Å². The van der Waals surface area contributed by atoms with Crippen molar-refractivity contribution in [3.63, 3.8) is 0 Å². The Labute approximate surface area is 119 Å². The normalized spacial score (nSPS) is 12.2. The molecular weight excluding hydrogens is 316 g/mol. The fraction of sp³-hybridized carbons (Fsp3) is 0.231. The highest BCUT2D eigenvalue weighted by molar-refractivity contribution is 9.09. The van der Waals surface area contributed by atoms with Crippen molar-refractivity contribution in [3.8, 4) is 5.88 Å². The smallest absolute Gasteiger partial charge is 0.216 e. The van der Waals surface area contributed by atoms with Gasteiger partial charge < -0.3 is 4.74 Å². The van der Waals surface area contributed by atoms with Crippen molar-refractivity contribution < 1.29 is 4.74 Å². The van der Waals surface area contributed by atoms with Crippen molar-refractivity contribution >= 4 is 27.5 Å². The molecule has 0 saturated heterocycles. The van der Waals surface area contributed by atoms with Crippen molar-refractivity contribution in [3.05, 3.63) is 52.9 Å². The van der Waals surface area contributed by atoms with E-state index in [1.807, 2.05) is 30.3 Å². The Hall–Kier alpha value is -1.13. The number of methoxy groups -OCH3 is 1. The first-order chi connectivity index (χ1) is 8.70. The van der Waals surface area contributed by atoms with Crippen molar-refractivity contribution in [2.24, 2.45) is 0 Å². The number of hydrogen-bond acceptors (Lipinski definition) is 3. The summed E-state index contributed by atoms with van der Waals surface area (Å²) in [6.07, 6.45) is 2.23. The SMILES string of the molecule is COc1cc(CC(Br)c2ccccc2Cl)ncn1. The van der Waals surface area contributed by atoms with Gasteiger partial charge >= 0.3 is 0 Å². The fourth-order valence-electron chi connectivity index (χ4n) is 1.62. The average Bonchev–Trinajstić information content (AvgIpc) is 2.39. The molecule has 0 aliphatic carbocycles. The van der Waals surface area contributed by atoms with Gasteiger partial charge in [0.25, 0.3) is 0 Å². The third-order valence-corrected chi connectivity index (χ3v) is 3.70. The molecule has 0 amide bonds. The fourth-order valence-corrected chi connectivity index (χ4v) is 2.75. The molecule has 0 N–H and O–H groups in total. The first-order valence-electron chi connectivity index (χ1n) is 5.44. The second-order valence-corrected chi connectivity index (χ2v) is 5.26. The highest BCUT2D eigenvalue weighted by Crippen LogP contribution is 2.31. The third kappa shape index (κ3) is 3.21. The number of halogens is 2. The summed E-state index contributed by atoms with van der Waals surface area (Å²) in [7, 11) is 1.59. The van der Waals surface area contributed by atoms with Gasteiger partial charge in [-0.25, -0.2) is 9.97 Å². The van der Waals surface area contributed by atoms with Crippen LogP contribution < -0.4 is 4.74 Å². The van der Waals surface area contributed by atoms with E-state index in [0.29, 0.717) is 5.88 Å². The molecule has 3 nitrogen and oxygen atoms in total. The van der Waals surface area contributed by atoms with E-state index in [2.05, 4.69) is 25.9 Å². The topological polar surface area (TPSA) is 35.0 Å². The van der Waals surface area contributed by atoms with Gasteiger partial charge in [0.2, 0.25) is 5.88 Å². The monoisotopic (exact) mass is 326 g/mol. The molecule has 94 valence electrons. The van der Waals surface area contributed by atoms with Crippen LogP contribution in [0.1, 0.15) is 16.1 Å². The van der Waals surface area contributed by atoms with Crippen LogP contribution in [0, 0.1) is 0 Å². The first kappa shape index (κ1) is 13.3. The minimum Gasteiger partial charge on any atom is -0.481 e. The van der Waals surface area contributed by atoms with Crippen LogP contribution in [-0.4, -0.2) is 17.1 Å². The van der Waals surface area contributed by atoms with Crippen LogP contribution in [-0.2, 0) is 6.42 Å². The largest absolute Gasteiger partial charge is 0.481 e. The van der Waals surface area contributed by atoms with E-state index in [1.54, 1.807) is 7.11 Å². The van der Waals surface area contributed by atoms with Gasteiger partial charge in [-0.15, -0.1) is 0 Å². The van der Waals surface area contributed by atoms with E-state index in [1.165, 1.54) is 6.33 Å². The van der Waals surface area contributed by atoms with Crippen molar-refractivity contribution in [1.82, 2.24) is 9.97 Å². The first-order valence-corrected chi connectivity index (χ1v) is 6.73. The molecule has 1 heterocycles. The Morgan fingerprint density at radius 3 is 2.83 bits per heavy atom. The summed E-state index contributed by atoms with van der Waals surface area (Å²) >= 11 is 9.79. The van der Waals surface area contributed by atoms with E-state index in [9.17, 15) is 0 Å². The van der Waals surface area contributed by atoms with Crippen LogP contribution in [0.15, 0.2) is 36.7 Å². The Morgan fingerprint density at radius 2 is 2.11 bits per heavy atom. The Balaban J connectivity index is 2.16. The van der Waals surface area contributed by atoms with Gasteiger partial charge in [-0.2, -0.15) is 0 Å². The average molecular weight is 328 g/mol. The third-order valence-electron chi connectivity index (χ3n) is 2.54. The van der Waals surface area contributed by atoms with Crippen molar-refractivity contribution in [2.75, 3.05) is 7.11 Å². The molecule has 1 unspecified atom stereocenters. The lowest BCUT2D eigenvalue weighted by molar-refractivity contribution is 0.396. The molecular formula is C13H12BrClN2O. The van der Waals surface area contributed by atoms with Crippen molar-refractivity contribution in [1.29, 1.82) is 0 Å². The van der Waals surface area contributed by atoms with Crippen LogP contribution in [0.5, 0.6) is 5.88 Å². The quantitative estimate of drug-likeness (QED) is 0.801. The summed E-state index contributed by atoms with van der Waals surface area (Å²) in [5.74, 6) is 0.568. The molecule has 0 saturated carbocycles. The lowest BCUT2D eigenvalue weighted by Gasteiger charge is -2.11. The molecule has 0 bridgehead atoms. The highest BCUT2D eigenvalue weighted by atomic mass is 79.9. The number of alkyl halides is 1. The molecule has 0 fully saturated rings. The molecule has 5 heteroatoms. The number of ether oxygens (including phenoxy) is 1. The predicted octanol–water partition coefficient (Wildman–Crippen LogP) is 3.82. The van der Waals surface area contributed by atoms with Crippen LogP contribution >= 0.6 is 27.5 Å². The maximum absolute atomic E-state index is 6.16. The molecule has 0 radical (unpaired) electrons. The predicted molar refractivity (Wildman–Crippen MR) is 75.4 cm³/mol. The Kier molecular flexibility index (Phi) is 4.55. The van der Waals surface area contributed by atoms with E-state index < -0.39 is 0 Å². The zero-order valence-electron chi connectivity index (χ0n) is 9.81. The standard InChI is InChI=1S/C13H12BrClN2O/c1-18-13-7-9(16-8-17-13)6-11(14)10-4-2-3-5-12(10)15/h2-5,7-8,11H,6H2,1H3. The van der Waals surface area contributed by atoms with Gasteiger partial charge in [0.1, 0.15) is 6.33 Å². The van der Waals surface area contributed by atoms with Gasteiger partial charge in [-0.1, -0.05) is 45.7 Å². The zero-order chi connectivity index (χ0) is 13.0. The van der Waals surface area contributed by atoms with Gasteiger partial charge in [-0.3, -0.25) is 0 Å². The second kappa shape index (κ2) is 6.16. The molecule has 18 heavy (non-hydrogen) atoms. The number of benzene rings is 1. The van der Waals surface area contributed by atoms with Crippen LogP contribution in [0.2, 0.25) is 5.02 Å². The van der Waals surface area contributed by atoms with Gasteiger partial charge in [0.05, 0.1) is 7.11 Å². The molecule has 1 aromatic heterocycles. The lowest BCUT2D eigenvalue weighted by atomic mass is 10.1. The minimum atomic E-state index is 0.116. The lowest BCUT2D eigenvalue weighted by Crippen LogP contribution is -2.00. The van der Waals surface area contributed by atoms with E-state index in [-0.39, 0.29) is 4.83 Å². The molecule has 2 rings (SSSR count). The van der Waals surface area contributed by atoms with Crippen LogP contribution in [0.4, 0.5) is 0 Å². The minimum absolute atomic E-state index is 0.116. The molecule has 1 atom stereocenters. The molecule has 1 aromatic carbocycles. The number of aromatic nitrogens is 2. The second-order valence-electron chi connectivity index (χ2n) is 3.74. The Morgan fingerprint density at radius 1 is 1.33 bits per heavy atom. The Bertz CT molecular complexity index is 536. The maximum Gasteiger partial charge on any atom is 0.216 e. The van der Waals surface area contributed by atoms with E-state index in [0.717, 1.165) is 22.7 Å². The molecule has 0 aliphatic rings. The number of rotatable bonds is 4. The number of nitrogens with zero attached hydrogens (tertiary/aromatic N) is 2. The van der Waals surface area contributed by atoms with Crippen molar-refractivity contribution in [2.45, 2.75) is 11.2 Å². The summed E-state index contributed by atoms with van der Waals surface area (Å²) in [4.78, 5) is 8.32. The van der Waals surface area contributed by atoms with E-state index in [4.69, 9.17) is 16.3 Å². The number of hydrogen-bond donors (Lipinski definition) is 0. The molecule has 0 aliphatic heterocycles. The van der Waals surface area contributed by atoms with E-state index >= 15 is 0 Å². The summed E-state index contributed by atoms with van der Waals surface area (Å²) < 4.78 is 5.07. The summed E-state index contributed by atoms with van der Waals surface area (Å²) in [5, 5.41) is 0.750. The summed E-state index contributed by atoms with van der Waals surface area (Å²) in [5.41, 5.74) is 1.96. The summed E-state index contributed by atoms with van der Waals surface area (Å²) in [6, 6.07) is 9.59. The summed E-state index contributed by atoms with van der Waals surface area (Å²) in [6.45, 7) is 0.